The zero-order valence-electron chi connectivity index (χ0n) is 9.41. The summed E-state index contributed by atoms with van der Waals surface area (Å²) >= 11 is 8.82. The fourth-order valence-electron chi connectivity index (χ4n) is 1.67. The van der Waals surface area contributed by atoms with E-state index in [9.17, 15) is 0 Å². The summed E-state index contributed by atoms with van der Waals surface area (Å²) in [5.74, 6) is 0. The van der Waals surface area contributed by atoms with E-state index in [1.165, 1.54) is 19.8 Å². The molecule has 0 aliphatic heterocycles. The van der Waals surface area contributed by atoms with Gasteiger partial charge in [-0.05, 0) is 52.5 Å². The Balaban J connectivity index is 2.17. The SMILES string of the molecule is Cc1cc(C(N)Cc2ccccc2Br)sc1Br. The minimum absolute atomic E-state index is 0.0590. The van der Waals surface area contributed by atoms with Crippen LogP contribution in [0.4, 0.5) is 0 Å². The third kappa shape index (κ3) is 3.19. The second-order valence-electron chi connectivity index (χ2n) is 4.01. The smallest absolute Gasteiger partial charge is 0.0731 e. The van der Waals surface area contributed by atoms with Crippen molar-refractivity contribution < 1.29 is 0 Å². The average molecular weight is 375 g/mol. The quantitative estimate of drug-likeness (QED) is 0.818. The number of nitrogens with two attached hydrogens (primary N) is 1. The van der Waals surface area contributed by atoms with Crippen molar-refractivity contribution >= 4 is 43.2 Å². The van der Waals surface area contributed by atoms with Crippen molar-refractivity contribution in [1.29, 1.82) is 0 Å². The monoisotopic (exact) mass is 373 g/mol. The summed E-state index contributed by atoms with van der Waals surface area (Å²) in [6.07, 6.45) is 0.855. The fourth-order valence-corrected chi connectivity index (χ4v) is 3.69. The van der Waals surface area contributed by atoms with Crippen LogP contribution in [0.3, 0.4) is 0 Å². The van der Waals surface area contributed by atoms with Crippen LogP contribution in [0.2, 0.25) is 0 Å². The zero-order valence-corrected chi connectivity index (χ0v) is 13.4. The summed E-state index contributed by atoms with van der Waals surface area (Å²) in [5.41, 5.74) is 8.76. The van der Waals surface area contributed by atoms with E-state index in [0.29, 0.717) is 0 Å². The van der Waals surface area contributed by atoms with Crippen molar-refractivity contribution in [2.45, 2.75) is 19.4 Å². The summed E-state index contributed by atoms with van der Waals surface area (Å²) in [7, 11) is 0. The van der Waals surface area contributed by atoms with Crippen LogP contribution in [0.15, 0.2) is 38.6 Å². The first-order valence-electron chi connectivity index (χ1n) is 5.32. The largest absolute Gasteiger partial charge is 0.323 e. The molecule has 2 aromatic rings. The topological polar surface area (TPSA) is 26.0 Å². The van der Waals surface area contributed by atoms with Crippen LogP contribution in [0.25, 0.3) is 0 Å². The van der Waals surface area contributed by atoms with Gasteiger partial charge in [-0.25, -0.2) is 0 Å². The van der Waals surface area contributed by atoms with Gasteiger partial charge < -0.3 is 5.73 Å². The molecule has 0 saturated carbocycles. The lowest BCUT2D eigenvalue weighted by Crippen LogP contribution is -2.12. The van der Waals surface area contributed by atoms with Crippen LogP contribution in [-0.4, -0.2) is 0 Å². The molecule has 1 aromatic heterocycles. The first kappa shape index (κ1) is 13.3. The van der Waals surface area contributed by atoms with E-state index < -0.39 is 0 Å². The summed E-state index contributed by atoms with van der Waals surface area (Å²) in [6.45, 7) is 2.09. The van der Waals surface area contributed by atoms with Gasteiger partial charge in [0, 0.05) is 15.4 Å². The molecule has 0 radical (unpaired) electrons. The van der Waals surface area contributed by atoms with Crippen LogP contribution in [0.5, 0.6) is 0 Å². The van der Waals surface area contributed by atoms with E-state index in [0.717, 1.165) is 10.9 Å². The van der Waals surface area contributed by atoms with Gasteiger partial charge in [0.15, 0.2) is 0 Å². The van der Waals surface area contributed by atoms with Crippen LogP contribution < -0.4 is 5.73 Å². The number of halogens is 2. The van der Waals surface area contributed by atoms with E-state index >= 15 is 0 Å². The second-order valence-corrected chi connectivity index (χ2v) is 7.26. The standard InChI is InChI=1S/C13H13Br2NS/c1-8-6-12(17-13(8)15)11(16)7-9-4-2-3-5-10(9)14/h2-6,11H,7,16H2,1H3. The molecule has 0 bridgehead atoms. The Hall–Kier alpha value is -0.160. The summed E-state index contributed by atoms with van der Waals surface area (Å²) < 4.78 is 2.30. The maximum atomic E-state index is 6.25. The molecule has 0 saturated heterocycles. The van der Waals surface area contributed by atoms with E-state index in [4.69, 9.17) is 5.73 Å². The average Bonchev–Trinajstić information content (AvgIpc) is 2.63. The Kier molecular flexibility index (Phi) is 4.42. The Bertz CT molecular complexity index is 502. The van der Waals surface area contributed by atoms with Gasteiger partial charge in [-0.15, -0.1) is 11.3 Å². The molecule has 1 atom stereocenters. The zero-order chi connectivity index (χ0) is 12.4. The molecule has 90 valence electrons. The molecule has 2 N–H and O–H groups in total. The molecule has 1 heterocycles. The van der Waals surface area contributed by atoms with Gasteiger partial charge in [-0.3, -0.25) is 0 Å². The molecule has 17 heavy (non-hydrogen) atoms. The van der Waals surface area contributed by atoms with Crippen molar-refractivity contribution in [3.05, 3.63) is 54.6 Å². The van der Waals surface area contributed by atoms with Crippen LogP contribution in [-0.2, 0) is 6.42 Å². The van der Waals surface area contributed by atoms with Gasteiger partial charge in [0.2, 0.25) is 0 Å². The molecule has 4 heteroatoms. The number of aryl methyl sites for hydroxylation is 1. The molecule has 2 rings (SSSR count). The van der Waals surface area contributed by atoms with E-state index in [-0.39, 0.29) is 6.04 Å². The first-order chi connectivity index (χ1) is 8.08. The van der Waals surface area contributed by atoms with E-state index in [1.54, 1.807) is 11.3 Å². The third-order valence-corrected chi connectivity index (χ3v) is 5.68. The normalized spacial score (nSPS) is 12.7. The molecule has 0 amide bonds. The highest BCUT2D eigenvalue weighted by atomic mass is 79.9. The minimum Gasteiger partial charge on any atom is -0.323 e. The number of hydrogen-bond acceptors (Lipinski definition) is 2. The molecule has 0 aliphatic carbocycles. The van der Waals surface area contributed by atoms with Crippen molar-refractivity contribution in [3.63, 3.8) is 0 Å². The molecule has 0 aliphatic rings. The Labute approximate surface area is 122 Å². The number of rotatable bonds is 3. The Morgan fingerprint density at radius 2 is 2.00 bits per heavy atom. The van der Waals surface area contributed by atoms with Gasteiger partial charge in [0.1, 0.15) is 0 Å². The highest BCUT2D eigenvalue weighted by Gasteiger charge is 2.12. The summed E-state index contributed by atoms with van der Waals surface area (Å²) in [5, 5.41) is 0. The van der Waals surface area contributed by atoms with Crippen molar-refractivity contribution in [2.75, 3.05) is 0 Å². The molecule has 1 nitrogen and oxygen atoms in total. The maximum absolute atomic E-state index is 6.25. The number of benzene rings is 1. The lowest BCUT2D eigenvalue weighted by molar-refractivity contribution is 0.734. The predicted molar refractivity (Wildman–Crippen MR) is 81.5 cm³/mol. The highest BCUT2D eigenvalue weighted by molar-refractivity contribution is 9.11. The van der Waals surface area contributed by atoms with Crippen molar-refractivity contribution in [3.8, 4) is 0 Å². The van der Waals surface area contributed by atoms with Gasteiger partial charge in [0.05, 0.1) is 3.79 Å². The predicted octanol–water partition coefficient (Wildman–Crippen LogP) is 4.82. The lowest BCUT2D eigenvalue weighted by Gasteiger charge is -2.10. The van der Waals surface area contributed by atoms with Gasteiger partial charge >= 0.3 is 0 Å². The highest BCUT2D eigenvalue weighted by Crippen LogP contribution is 2.32. The Morgan fingerprint density at radius 1 is 1.29 bits per heavy atom. The fraction of sp³-hybridized carbons (Fsp3) is 0.231. The molecule has 1 unspecified atom stereocenters. The minimum atomic E-state index is 0.0590. The molecular formula is C13H13Br2NS. The number of thiophene rings is 1. The molecule has 1 aromatic carbocycles. The van der Waals surface area contributed by atoms with Gasteiger partial charge in [-0.2, -0.15) is 0 Å². The second kappa shape index (κ2) is 5.65. The van der Waals surface area contributed by atoms with Gasteiger partial charge in [-0.1, -0.05) is 34.1 Å². The van der Waals surface area contributed by atoms with E-state index in [1.807, 2.05) is 12.1 Å². The number of hydrogen-bond donors (Lipinski definition) is 1. The summed E-state index contributed by atoms with van der Waals surface area (Å²) in [4.78, 5) is 1.23. The first-order valence-corrected chi connectivity index (χ1v) is 7.73. The van der Waals surface area contributed by atoms with E-state index in [2.05, 4.69) is 57.0 Å². The van der Waals surface area contributed by atoms with Crippen LogP contribution in [0.1, 0.15) is 22.0 Å². The summed E-state index contributed by atoms with van der Waals surface area (Å²) in [6, 6.07) is 10.4. The maximum Gasteiger partial charge on any atom is 0.0731 e. The lowest BCUT2D eigenvalue weighted by atomic mass is 10.1. The molecule has 0 spiro atoms. The van der Waals surface area contributed by atoms with Crippen LogP contribution >= 0.6 is 43.2 Å². The van der Waals surface area contributed by atoms with Gasteiger partial charge in [0.25, 0.3) is 0 Å². The molecular weight excluding hydrogens is 362 g/mol. The van der Waals surface area contributed by atoms with Crippen molar-refractivity contribution in [1.82, 2.24) is 0 Å². The van der Waals surface area contributed by atoms with Crippen molar-refractivity contribution in [2.24, 2.45) is 5.73 Å². The Morgan fingerprint density at radius 3 is 2.59 bits per heavy atom. The molecule has 0 fully saturated rings. The third-order valence-electron chi connectivity index (χ3n) is 2.64. The van der Waals surface area contributed by atoms with Crippen LogP contribution in [0, 0.1) is 6.92 Å².